The van der Waals surface area contributed by atoms with Crippen LogP contribution in [-0.4, -0.2) is 17.4 Å². The van der Waals surface area contributed by atoms with Crippen LogP contribution in [0.3, 0.4) is 0 Å². The van der Waals surface area contributed by atoms with Crippen LogP contribution >= 0.6 is 39.0 Å². The zero-order valence-electron chi connectivity index (χ0n) is 11.4. The van der Waals surface area contributed by atoms with Gasteiger partial charge in [-0.2, -0.15) is 0 Å². The van der Waals surface area contributed by atoms with Gasteiger partial charge >= 0.3 is 0 Å². The number of hydrogen-bond donors (Lipinski definition) is 2. The van der Waals surface area contributed by atoms with Crippen LogP contribution in [-0.2, 0) is 4.79 Å². The summed E-state index contributed by atoms with van der Waals surface area (Å²) in [7, 11) is 0. The van der Waals surface area contributed by atoms with Gasteiger partial charge in [0.2, 0.25) is 5.91 Å². The maximum atomic E-state index is 12.1. The Balaban J connectivity index is 1.88. The molecule has 4 nitrogen and oxygen atoms in total. The summed E-state index contributed by atoms with van der Waals surface area (Å²) in [5, 5.41) is 8.18. The molecule has 2 heterocycles. The zero-order valence-corrected chi connectivity index (χ0v) is 14.6. The van der Waals surface area contributed by atoms with E-state index in [4.69, 9.17) is 0 Å². The molecule has 110 valence electrons. The molecule has 2 aromatic rings. The number of rotatable bonds is 5. The van der Waals surface area contributed by atoms with Gasteiger partial charge in [0, 0.05) is 32.2 Å². The SMILES string of the molecule is CCCNC1C(=O)Nc2cc(Sc3nccs3)c(Br)cc21. The van der Waals surface area contributed by atoms with Crippen LogP contribution < -0.4 is 10.6 Å². The smallest absolute Gasteiger partial charge is 0.246 e. The van der Waals surface area contributed by atoms with Crippen LogP contribution in [0.25, 0.3) is 0 Å². The number of thiazole rings is 1. The Morgan fingerprint density at radius 3 is 3.10 bits per heavy atom. The Morgan fingerprint density at radius 1 is 1.52 bits per heavy atom. The average molecular weight is 384 g/mol. The van der Waals surface area contributed by atoms with Crippen molar-refractivity contribution in [3.8, 4) is 0 Å². The zero-order chi connectivity index (χ0) is 14.8. The lowest BCUT2D eigenvalue weighted by Gasteiger charge is -2.11. The van der Waals surface area contributed by atoms with E-state index in [1.54, 1.807) is 29.3 Å². The van der Waals surface area contributed by atoms with Crippen molar-refractivity contribution in [2.75, 3.05) is 11.9 Å². The third-order valence-corrected chi connectivity index (χ3v) is 6.00. The van der Waals surface area contributed by atoms with Gasteiger partial charge in [-0.25, -0.2) is 4.98 Å². The fourth-order valence-electron chi connectivity index (χ4n) is 2.19. The minimum absolute atomic E-state index is 0.0155. The van der Waals surface area contributed by atoms with E-state index >= 15 is 0 Å². The first-order chi connectivity index (χ1) is 10.2. The summed E-state index contributed by atoms with van der Waals surface area (Å²) in [6, 6.07) is 3.78. The van der Waals surface area contributed by atoms with Gasteiger partial charge in [-0.1, -0.05) is 18.7 Å². The molecule has 1 amide bonds. The lowest BCUT2D eigenvalue weighted by molar-refractivity contribution is -0.117. The molecule has 0 radical (unpaired) electrons. The van der Waals surface area contributed by atoms with Gasteiger partial charge in [-0.15, -0.1) is 11.3 Å². The highest BCUT2D eigenvalue weighted by Crippen LogP contribution is 2.41. The summed E-state index contributed by atoms with van der Waals surface area (Å²) in [5.41, 5.74) is 1.89. The van der Waals surface area contributed by atoms with E-state index in [1.807, 2.05) is 17.5 Å². The normalized spacial score (nSPS) is 16.9. The first-order valence-electron chi connectivity index (χ1n) is 6.64. The van der Waals surface area contributed by atoms with Crippen molar-refractivity contribution in [3.63, 3.8) is 0 Å². The molecule has 1 atom stereocenters. The number of halogens is 1. The Labute approximate surface area is 139 Å². The fraction of sp³-hybridized carbons (Fsp3) is 0.286. The molecule has 1 aliphatic rings. The molecule has 7 heteroatoms. The molecular weight excluding hydrogens is 370 g/mol. The van der Waals surface area contributed by atoms with E-state index in [9.17, 15) is 4.79 Å². The standard InChI is InChI=1S/C14H14BrN3OS2/c1-2-3-16-12-8-6-9(15)11(7-10(8)18-13(12)19)21-14-17-4-5-20-14/h4-7,12,16H,2-3H2,1H3,(H,18,19). The number of carbonyl (C=O) groups is 1. The van der Waals surface area contributed by atoms with Gasteiger partial charge in [0.05, 0.1) is 0 Å². The largest absolute Gasteiger partial charge is 0.324 e. The van der Waals surface area contributed by atoms with Crippen molar-refractivity contribution < 1.29 is 4.79 Å². The predicted molar refractivity (Wildman–Crippen MR) is 90.0 cm³/mol. The van der Waals surface area contributed by atoms with E-state index < -0.39 is 0 Å². The van der Waals surface area contributed by atoms with Crippen LogP contribution in [0.4, 0.5) is 5.69 Å². The van der Waals surface area contributed by atoms with Crippen molar-refractivity contribution in [1.29, 1.82) is 0 Å². The maximum Gasteiger partial charge on any atom is 0.246 e. The van der Waals surface area contributed by atoms with E-state index in [0.717, 1.165) is 37.9 Å². The topological polar surface area (TPSA) is 54.0 Å². The maximum absolute atomic E-state index is 12.1. The number of amides is 1. The van der Waals surface area contributed by atoms with Crippen LogP contribution in [0.1, 0.15) is 24.9 Å². The predicted octanol–water partition coefficient (Wildman–Crippen LogP) is 4.05. The fourth-order valence-corrected chi connectivity index (χ4v) is 4.41. The van der Waals surface area contributed by atoms with E-state index in [1.165, 1.54) is 0 Å². The Morgan fingerprint density at radius 2 is 2.38 bits per heavy atom. The molecule has 0 bridgehead atoms. The van der Waals surface area contributed by atoms with Crippen molar-refractivity contribution in [1.82, 2.24) is 10.3 Å². The highest BCUT2D eigenvalue weighted by Gasteiger charge is 2.30. The van der Waals surface area contributed by atoms with Crippen LogP contribution in [0.2, 0.25) is 0 Å². The van der Waals surface area contributed by atoms with Crippen LogP contribution in [0, 0.1) is 0 Å². The highest BCUT2D eigenvalue weighted by molar-refractivity contribution is 9.10. The van der Waals surface area contributed by atoms with Gasteiger partial charge in [-0.3, -0.25) is 4.79 Å². The highest BCUT2D eigenvalue weighted by atomic mass is 79.9. The lowest BCUT2D eigenvalue weighted by atomic mass is 10.1. The first-order valence-corrected chi connectivity index (χ1v) is 9.13. The summed E-state index contributed by atoms with van der Waals surface area (Å²) in [6.07, 6.45) is 2.79. The lowest BCUT2D eigenvalue weighted by Crippen LogP contribution is -2.27. The summed E-state index contributed by atoms with van der Waals surface area (Å²) in [5.74, 6) is 0.0155. The number of benzene rings is 1. The third-order valence-electron chi connectivity index (χ3n) is 3.14. The van der Waals surface area contributed by atoms with Crippen molar-refractivity contribution in [2.24, 2.45) is 0 Å². The summed E-state index contributed by atoms with van der Waals surface area (Å²) in [6.45, 7) is 2.91. The average Bonchev–Trinajstić information content (AvgIpc) is 3.05. The van der Waals surface area contributed by atoms with E-state index in [-0.39, 0.29) is 11.9 Å². The second-order valence-electron chi connectivity index (χ2n) is 4.65. The quantitative estimate of drug-likeness (QED) is 0.817. The molecule has 0 saturated heterocycles. The number of aromatic nitrogens is 1. The van der Waals surface area contributed by atoms with Crippen LogP contribution in [0.15, 0.2) is 37.4 Å². The monoisotopic (exact) mass is 383 g/mol. The van der Waals surface area contributed by atoms with Gasteiger partial charge < -0.3 is 10.6 Å². The Hall–Kier alpha value is -0.890. The molecule has 1 aromatic carbocycles. The van der Waals surface area contributed by atoms with Crippen molar-refractivity contribution >= 4 is 50.6 Å². The van der Waals surface area contributed by atoms with Gasteiger partial charge in [0.1, 0.15) is 6.04 Å². The van der Waals surface area contributed by atoms with E-state index in [2.05, 4.69) is 38.5 Å². The van der Waals surface area contributed by atoms with Crippen LogP contribution in [0.5, 0.6) is 0 Å². The molecule has 21 heavy (non-hydrogen) atoms. The summed E-state index contributed by atoms with van der Waals surface area (Å²) >= 11 is 6.80. The van der Waals surface area contributed by atoms with Crippen molar-refractivity contribution in [3.05, 3.63) is 33.7 Å². The third kappa shape index (κ3) is 3.15. The summed E-state index contributed by atoms with van der Waals surface area (Å²) < 4.78 is 1.97. The molecule has 1 aromatic heterocycles. The molecule has 0 aliphatic carbocycles. The number of fused-ring (bicyclic) bond motifs is 1. The van der Waals surface area contributed by atoms with Gasteiger partial charge in [-0.05, 0) is 41.0 Å². The second-order valence-corrected chi connectivity index (χ2v) is 7.68. The molecular formula is C14H14BrN3OS2. The van der Waals surface area contributed by atoms with Gasteiger partial charge in [0.25, 0.3) is 0 Å². The number of nitrogens with zero attached hydrogens (tertiary/aromatic N) is 1. The van der Waals surface area contributed by atoms with Gasteiger partial charge in [0.15, 0.2) is 4.34 Å². The number of hydrogen-bond acceptors (Lipinski definition) is 5. The first kappa shape index (κ1) is 15.0. The second kappa shape index (κ2) is 6.48. The van der Waals surface area contributed by atoms with Crippen molar-refractivity contribution in [2.45, 2.75) is 28.6 Å². The Bertz CT molecular complexity index is 660. The molecule has 0 fully saturated rings. The molecule has 1 aliphatic heterocycles. The summed E-state index contributed by atoms with van der Waals surface area (Å²) in [4.78, 5) is 17.4. The number of anilines is 1. The number of nitrogens with one attached hydrogen (secondary N) is 2. The minimum atomic E-state index is -0.254. The number of carbonyl (C=O) groups excluding carboxylic acids is 1. The molecule has 0 spiro atoms. The minimum Gasteiger partial charge on any atom is -0.324 e. The van der Waals surface area contributed by atoms with E-state index in [0.29, 0.717) is 0 Å². The molecule has 2 N–H and O–H groups in total. The molecule has 1 unspecified atom stereocenters. The Kier molecular flexibility index (Phi) is 4.63. The molecule has 3 rings (SSSR count). The molecule has 0 saturated carbocycles.